The van der Waals surface area contributed by atoms with Crippen molar-refractivity contribution in [3.05, 3.63) is 71.3 Å². The normalized spacial score (nSPS) is 19.3. The van der Waals surface area contributed by atoms with E-state index in [0.29, 0.717) is 17.5 Å². The quantitative estimate of drug-likeness (QED) is 0.445. The molecule has 2 aliphatic heterocycles. The van der Waals surface area contributed by atoms with Crippen LogP contribution in [0.1, 0.15) is 26.3 Å². The molecule has 28 heavy (non-hydrogen) atoms. The molecule has 0 saturated carbocycles. The van der Waals surface area contributed by atoms with E-state index < -0.39 is 35.8 Å². The molecular formula is C21H18N2O5. The first-order valence-corrected chi connectivity index (χ1v) is 8.92. The van der Waals surface area contributed by atoms with Gasteiger partial charge in [-0.05, 0) is 17.7 Å². The molecule has 142 valence electrons. The maximum atomic E-state index is 12.8. The van der Waals surface area contributed by atoms with Gasteiger partial charge in [0.2, 0.25) is 5.91 Å². The van der Waals surface area contributed by atoms with Gasteiger partial charge in [-0.2, -0.15) is 0 Å². The van der Waals surface area contributed by atoms with E-state index in [0.717, 1.165) is 10.5 Å². The second-order valence-electron chi connectivity index (χ2n) is 6.76. The number of hydrogen-bond donors (Lipinski definition) is 0. The van der Waals surface area contributed by atoms with Gasteiger partial charge >= 0.3 is 5.97 Å². The molecule has 0 radical (unpaired) electrons. The van der Waals surface area contributed by atoms with Crippen molar-refractivity contribution in [2.75, 3.05) is 13.7 Å². The molecule has 2 unspecified atom stereocenters. The van der Waals surface area contributed by atoms with Crippen molar-refractivity contribution >= 4 is 23.7 Å². The predicted molar refractivity (Wildman–Crippen MR) is 98.4 cm³/mol. The Kier molecular flexibility index (Phi) is 4.43. The van der Waals surface area contributed by atoms with Gasteiger partial charge in [0, 0.05) is 6.42 Å². The number of nitrogens with zero attached hydrogens (tertiary/aromatic N) is 2. The van der Waals surface area contributed by atoms with E-state index in [9.17, 15) is 19.2 Å². The van der Waals surface area contributed by atoms with Crippen LogP contribution in [0.2, 0.25) is 0 Å². The Bertz CT molecular complexity index is 937. The summed E-state index contributed by atoms with van der Waals surface area (Å²) in [5.41, 5.74) is 1.48. The lowest BCUT2D eigenvalue weighted by atomic mass is 9.97. The third-order valence-corrected chi connectivity index (χ3v) is 5.20. The summed E-state index contributed by atoms with van der Waals surface area (Å²) < 4.78 is 4.86. The van der Waals surface area contributed by atoms with Crippen LogP contribution >= 0.6 is 0 Å². The molecule has 2 aliphatic rings. The van der Waals surface area contributed by atoms with Gasteiger partial charge < -0.3 is 9.64 Å². The average molecular weight is 378 g/mol. The highest BCUT2D eigenvalue weighted by Gasteiger charge is 2.52. The molecule has 2 atom stereocenters. The molecule has 3 amide bonds. The highest BCUT2D eigenvalue weighted by molar-refractivity contribution is 6.23. The highest BCUT2D eigenvalue weighted by atomic mass is 16.5. The van der Waals surface area contributed by atoms with Crippen molar-refractivity contribution in [1.82, 2.24) is 9.80 Å². The molecule has 1 fully saturated rings. The number of β-lactam (4-membered cyclic amide) rings is 1. The number of fused-ring (bicyclic) bond motifs is 1. The first-order chi connectivity index (χ1) is 13.5. The van der Waals surface area contributed by atoms with Crippen molar-refractivity contribution in [2.24, 2.45) is 0 Å². The molecule has 4 rings (SSSR count). The number of ether oxygens (including phenoxy) is 1. The van der Waals surface area contributed by atoms with Gasteiger partial charge in [-0.15, -0.1) is 0 Å². The summed E-state index contributed by atoms with van der Waals surface area (Å²) in [5.74, 6) is -1.91. The fraction of sp³-hybridized carbons (Fsp3) is 0.238. The fourth-order valence-corrected chi connectivity index (χ4v) is 3.69. The van der Waals surface area contributed by atoms with Gasteiger partial charge in [0.25, 0.3) is 11.8 Å². The standard InChI is InChI=1S/C21H18N2O5/c1-28-21(27)16(11-13-7-3-2-4-8-13)22-12-17(20(22)26)23-18(24)14-9-5-6-10-15(14)19(23)25/h2-10,16-17H,11-12H2,1H3. The van der Waals surface area contributed by atoms with Crippen molar-refractivity contribution in [2.45, 2.75) is 18.5 Å². The lowest BCUT2D eigenvalue weighted by Crippen LogP contribution is -2.69. The van der Waals surface area contributed by atoms with E-state index >= 15 is 0 Å². The predicted octanol–water partition coefficient (Wildman–Crippen LogP) is 1.28. The zero-order valence-corrected chi connectivity index (χ0v) is 15.2. The van der Waals surface area contributed by atoms with Gasteiger partial charge in [-0.3, -0.25) is 19.3 Å². The zero-order chi connectivity index (χ0) is 19.8. The van der Waals surface area contributed by atoms with Crippen LogP contribution in [0.4, 0.5) is 0 Å². The van der Waals surface area contributed by atoms with E-state index in [1.165, 1.54) is 12.0 Å². The van der Waals surface area contributed by atoms with Crippen LogP contribution in [0.25, 0.3) is 0 Å². The Labute approximate surface area is 161 Å². The van der Waals surface area contributed by atoms with Crippen molar-refractivity contribution in [3.8, 4) is 0 Å². The summed E-state index contributed by atoms with van der Waals surface area (Å²) in [5, 5.41) is 0. The van der Waals surface area contributed by atoms with Gasteiger partial charge in [0.15, 0.2) is 0 Å². The monoisotopic (exact) mass is 378 g/mol. The Morgan fingerprint density at radius 2 is 1.57 bits per heavy atom. The van der Waals surface area contributed by atoms with Gasteiger partial charge in [0.1, 0.15) is 12.1 Å². The average Bonchev–Trinajstić information content (AvgIpc) is 2.97. The topological polar surface area (TPSA) is 84.0 Å². The number of likely N-dealkylation sites (tertiary alicyclic amines) is 1. The minimum absolute atomic E-state index is 0.108. The summed E-state index contributed by atoms with van der Waals surface area (Å²) in [4.78, 5) is 52.6. The van der Waals surface area contributed by atoms with E-state index in [1.54, 1.807) is 24.3 Å². The van der Waals surface area contributed by atoms with Crippen LogP contribution in [0.5, 0.6) is 0 Å². The molecule has 1 saturated heterocycles. The molecule has 2 heterocycles. The SMILES string of the molecule is COC(=O)C(Cc1ccccc1)N1CC(N2C(=O)c3ccccc3C2=O)C1=O. The van der Waals surface area contributed by atoms with E-state index in [-0.39, 0.29) is 6.54 Å². The molecule has 0 aliphatic carbocycles. The van der Waals surface area contributed by atoms with Crippen LogP contribution in [0.3, 0.4) is 0 Å². The Morgan fingerprint density at radius 3 is 2.11 bits per heavy atom. The second-order valence-corrected chi connectivity index (χ2v) is 6.76. The molecule has 7 heteroatoms. The van der Waals surface area contributed by atoms with Crippen LogP contribution in [0, 0.1) is 0 Å². The highest BCUT2D eigenvalue weighted by Crippen LogP contribution is 2.30. The number of benzene rings is 2. The minimum atomic E-state index is -0.893. The van der Waals surface area contributed by atoms with E-state index in [1.807, 2.05) is 30.3 Å². The summed E-state index contributed by atoms with van der Waals surface area (Å²) in [6, 6.07) is 14.1. The smallest absolute Gasteiger partial charge is 0.328 e. The van der Waals surface area contributed by atoms with Crippen molar-refractivity contribution in [1.29, 1.82) is 0 Å². The minimum Gasteiger partial charge on any atom is -0.467 e. The van der Waals surface area contributed by atoms with Crippen molar-refractivity contribution in [3.63, 3.8) is 0 Å². The third kappa shape index (κ3) is 2.76. The third-order valence-electron chi connectivity index (χ3n) is 5.20. The largest absolute Gasteiger partial charge is 0.467 e. The summed E-state index contributed by atoms with van der Waals surface area (Å²) >= 11 is 0. The van der Waals surface area contributed by atoms with Gasteiger partial charge in [0.05, 0.1) is 24.8 Å². The maximum absolute atomic E-state index is 12.8. The molecule has 2 aromatic rings. The first-order valence-electron chi connectivity index (χ1n) is 8.92. The van der Waals surface area contributed by atoms with Crippen LogP contribution in [0.15, 0.2) is 54.6 Å². The zero-order valence-electron chi connectivity index (χ0n) is 15.2. The number of carbonyl (C=O) groups is 4. The maximum Gasteiger partial charge on any atom is 0.328 e. The van der Waals surface area contributed by atoms with Gasteiger partial charge in [-0.1, -0.05) is 42.5 Å². The Morgan fingerprint density at radius 1 is 1.00 bits per heavy atom. The van der Waals surface area contributed by atoms with Gasteiger partial charge in [-0.25, -0.2) is 4.79 Å². The van der Waals surface area contributed by atoms with E-state index in [4.69, 9.17) is 4.74 Å². The van der Waals surface area contributed by atoms with Crippen LogP contribution in [-0.4, -0.2) is 59.2 Å². The molecule has 0 aromatic heterocycles. The number of rotatable bonds is 5. The Hall–Kier alpha value is -3.48. The first kappa shape index (κ1) is 17.9. The number of hydrogen-bond acceptors (Lipinski definition) is 5. The van der Waals surface area contributed by atoms with Crippen LogP contribution < -0.4 is 0 Å². The number of methoxy groups -OCH3 is 1. The summed E-state index contributed by atoms with van der Waals surface area (Å²) in [6.07, 6.45) is 0.300. The lowest BCUT2D eigenvalue weighted by molar-refractivity contribution is -0.163. The number of imide groups is 1. The van der Waals surface area contributed by atoms with Crippen LogP contribution in [-0.2, 0) is 20.7 Å². The molecular weight excluding hydrogens is 360 g/mol. The number of amides is 3. The molecule has 7 nitrogen and oxygen atoms in total. The molecule has 0 N–H and O–H groups in total. The van der Waals surface area contributed by atoms with E-state index in [2.05, 4.69) is 0 Å². The molecule has 0 bridgehead atoms. The number of carbonyl (C=O) groups excluding carboxylic acids is 4. The van der Waals surface area contributed by atoms with Crippen molar-refractivity contribution < 1.29 is 23.9 Å². The fourth-order valence-electron chi connectivity index (χ4n) is 3.69. The number of esters is 1. The molecule has 0 spiro atoms. The lowest BCUT2D eigenvalue weighted by Gasteiger charge is -2.45. The second kappa shape index (κ2) is 6.92. The molecule has 2 aromatic carbocycles. The summed E-state index contributed by atoms with van der Waals surface area (Å²) in [6.45, 7) is 0.108. The summed E-state index contributed by atoms with van der Waals surface area (Å²) in [7, 11) is 1.27. The Balaban J connectivity index is 1.53.